The molecule has 2 aromatic rings. The summed E-state index contributed by atoms with van der Waals surface area (Å²) in [5.74, 6) is 0.522. The monoisotopic (exact) mass is 309 g/mol. The molecular weight excluding hydrogens is 297 g/mol. The second-order valence-electron chi connectivity index (χ2n) is 3.93. The number of hydrogen-bond acceptors (Lipinski definition) is 3. The van der Waals surface area contributed by atoms with Gasteiger partial charge in [0.1, 0.15) is 11.6 Å². The van der Waals surface area contributed by atoms with E-state index in [1.807, 2.05) is 13.0 Å². The predicted octanol–water partition coefficient (Wildman–Crippen LogP) is 2.98. The maximum atomic E-state index is 13.1. The summed E-state index contributed by atoms with van der Waals surface area (Å²) in [5, 5.41) is 3.23. The molecule has 0 saturated carbocycles. The van der Waals surface area contributed by atoms with Gasteiger partial charge in [0.05, 0.1) is 5.69 Å². The first-order chi connectivity index (χ1) is 8.65. The van der Waals surface area contributed by atoms with Crippen molar-refractivity contribution in [1.29, 1.82) is 0 Å². The van der Waals surface area contributed by atoms with Crippen molar-refractivity contribution in [3.05, 3.63) is 57.8 Å². The molecule has 0 aliphatic rings. The maximum absolute atomic E-state index is 13.1. The van der Waals surface area contributed by atoms with Gasteiger partial charge in [-0.05, 0) is 36.8 Å². The summed E-state index contributed by atoms with van der Waals surface area (Å²) in [7, 11) is 0. The standard InChI is InChI=1S/C13H13BrFN3/c1-9-17-5-4-12(18-9)8-16-7-10-6-11(15)2-3-13(10)14/h2-6,16H,7-8H2,1H3. The highest BCUT2D eigenvalue weighted by molar-refractivity contribution is 9.10. The number of rotatable bonds is 4. The highest BCUT2D eigenvalue weighted by atomic mass is 79.9. The van der Waals surface area contributed by atoms with E-state index in [1.54, 1.807) is 12.3 Å². The van der Waals surface area contributed by atoms with Crippen molar-refractivity contribution in [3.63, 3.8) is 0 Å². The first-order valence-corrected chi connectivity index (χ1v) is 6.37. The number of hydrogen-bond donors (Lipinski definition) is 1. The fourth-order valence-corrected chi connectivity index (χ4v) is 1.99. The van der Waals surface area contributed by atoms with E-state index < -0.39 is 0 Å². The quantitative estimate of drug-likeness (QED) is 0.943. The van der Waals surface area contributed by atoms with Crippen molar-refractivity contribution in [2.45, 2.75) is 20.0 Å². The van der Waals surface area contributed by atoms with E-state index in [2.05, 4.69) is 31.2 Å². The zero-order chi connectivity index (χ0) is 13.0. The second kappa shape index (κ2) is 6.02. The molecule has 1 aromatic carbocycles. The zero-order valence-electron chi connectivity index (χ0n) is 9.95. The number of aromatic nitrogens is 2. The smallest absolute Gasteiger partial charge is 0.125 e. The Hall–Kier alpha value is -1.33. The van der Waals surface area contributed by atoms with Crippen molar-refractivity contribution in [2.24, 2.45) is 0 Å². The summed E-state index contributed by atoms with van der Waals surface area (Å²) in [5.41, 5.74) is 1.82. The van der Waals surface area contributed by atoms with Gasteiger partial charge in [-0.3, -0.25) is 0 Å². The molecule has 2 rings (SSSR count). The molecule has 1 heterocycles. The first kappa shape index (κ1) is 13.1. The molecule has 0 aliphatic carbocycles. The van der Waals surface area contributed by atoms with Crippen LogP contribution in [0.25, 0.3) is 0 Å². The van der Waals surface area contributed by atoms with Gasteiger partial charge in [0.25, 0.3) is 0 Å². The second-order valence-corrected chi connectivity index (χ2v) is 4.79. The molecule has 0 aliphatic heterocycles. The third kappa shape index (κ3) is 3.58. The Kier molecular flexibility index (Phi) is 4.38. The van der Waals surface area contributed by atoms with E-state index >= 15 is 0 Å². The molecular formula is C13H13BrFN3. The van der Waals surface area contributed by atoms with Gasteiger partial charge in [-0.25, -0.2) is 14.4 Å². The van der Waals surface area contributed by atoms with E-state index in [-0.39, 0.29) is 5.82 Å². The lowest BCUT2D eigenvalue weighted by Crippen LogP contribution is -2.14. The Morgan fingerprint density at radius 3 is 2.89 bits per heavy atom. The summed E-state index contributed by atoms with van der Waals surface area (Å²) < 4.78 is 14.0. The third-order valence-corrected chi connectivity index (χ3v) is 3.24. The molecule has 0 amide bonds. The Morgan fingerprint density at radius 1 is 1.28 bits per heavy atom. The van der Waals surface area contributed by atoms with Crippen molar-refractivity contribution < 1.29 is 4.39 Å². The van der Waals surface area contributed by atoms with Crippen LogP contribution in [0.3, 0.4) is 0 Å². The number of benzene rings is 1. The van der Waals surface area contributed by atoms with Crippen LogP contribution in [-0.2, 0) is 13.1 Å². The minimum absolute atomic E-state index is 0.229. The minimum Gasteiger partial charge on any atom is -0.307 e. The summed E-state index contributed by atoms with van der Waals surface area (Å²) >= 11 is 3.40. The summed E-state index contributed by atoms with van der Waals surface area (Å²) in [4.78, 5) is 8.32. The van der Waals surface area contributed by atoms with E-state index in [1.165, 1.54) is 12.1 Å². The molecule has 0 unspecified atom stereocenters. The first-order valence-electron chi connectivity index (χ1n) is 5.58. The topological polar surface area (TPSA) is 37.8 Å². The van der Waals surface area contributed by atoms with Crippen LogP contribution >= 0.6 is 15.9 Å². The number of nitrogens with one attached hydrogen (secondary N) is 1. The van der Waals surface area contributed by atoms with Crippen LogP contribution in [0.4, 0.5) is 4.39 Å². The van der Waals surface area contributed by atoms with Crippen LogP contribution in [0.15, 0.2) is 34.9 Å². The van der Waals surface area contributed by atoms with Crippen LogP contribution in [-0.4, -0.2) is 9.97 Å². The van der Waals surface area contributed by atoms with Gasteiger partial charge >= 0.3 is 0 Å². The van der Waals surface area contributed by atoms with Gasteiger partial charge in [0.2, 0.25) is 0 Å². The Morgan fingerprint density at radius 2 is 2.11 bits per heavy atom. The van der Waals surface area contributed by atoms with E-state index in [0.29, 0.717) is 13.1 Å². The molecule has 5 heteroatoms. The van der Waals surface area contributed by atoms with Crippen LogP contribution in [0.5, 0.6) is 0 Å². The number of nitrogens with zero attached hydrogens (tertiary/aromatic N) is 2. The molecule has 0 bridgehead atoms. The number of halogens is 2. The summed E-state index contributed by atoms with van der Waals surface area (Å²) in [6.07, 6.45) is 1.73. The van der Waals surface area contributed by atoms with Crippen molar-refractivity contribution >= 4 is 15.9 Å². The van der Waals surface area contributed by atoms with Crippen molar-refractivity contribution in [1.82, 2.24) is 15.3 Å². The summed E-state index contributed by atoms with van der Waals surface area (Å²) in [6, 6.07) is 6.52. The van der Waals surface area contributed by atoms with Gasteiger partial charge in [-0.15, -0.1) is 0 Å². The van der Waals surface area contributed by atoms with Crippen molar-refractivity contribution in [3.8, 4) is 0 Å². The highest BCUT2D eigenvalue weighted by Gasteiger charge is 2.02. The van der Waals surface area contributed by atoms with Crippen LogP contribution in [0, 0.1) is 12.7 Å². The molecule has 1 N–H and O–H groups in total. The fraction of sp³-hybridized carbons (Fsp3) is 0.231. The number of aryl methyl sites for hydroxylation is 1. The molecule has 0 fully saturated rings. The average Bonchev–Trinajstić information content (AvgIpc) is 2.34. The van der Waals surface area contributed by atoms with Crippen LogP contribution < -0.4 is 5.32 Å². The van der Waals surface area contributed by atoms with E-state index in [0.717, 1.165) is 21.6 Å². The Labute approximate surface area is 114 Å². The lowest BCUT2D eigenvalue weighted by molar-refractivity contribution is 0.618. The Balaban J connectivity index is 1.94. The molecule has 94 valence electrons. The molecule has 0 atom stereocenters. The maximum Gasteiger partial charge on any atom is 0.125 e. The largest absolute Gasteiger partial charge is 0.307 e. The fourth-order valence-electron chi connectivity index (χ4n) is 1.61. The van der Waals surface area contributed by atoms with Gasteiger partial charge in [-0.2, -0.15) is 0 Å². The van der Waals surface area contributed by atoms with Crippen molar-refractivity contribution in [2.75, 3.05) is 0 Å². The SMILES string of the molecule is Cc1nccc(CNCc2cc(F)ccc2Br)n1. The molecule has 0 saturated heterocycles. The molecule has 0 spiro atoms. The Bertz CT molecular complexity index is 546. The molecule has 0 radical (unpaired) electrons. The lowest BCUT2D eigenvalue weighted by Gasteiger charge is -2.07. The van der Waals surface area contributed by atoms with Gasteiger partial charge < -0.3 is 5.32 Å². The van der Waals surface area contributed by atoms with Crippen LogP contribution in [0.2, 0.25) is 0 Å². The normalized spacial score (nSPS) is 10.6. The van der Waals surface area contributed by atoms with Gasteiger partial charge in [-0.1, -0.05) is 15.9 Å². The van der Waals surface area contributed by atoms with E-state index in [4.69, 9.17) is 0 Å². The average molecular weight is 310 g/mol. The zero-order valence-corrected chi connectivity index (χ0v) is 11.5. The molecule has 1 aromatic heterocycles. The third-order valence-electron chi connectivity index (χ3n) is 2.46. The summed E-state index contributed by atoms with van der Waals surface area (Å²) in [6.45, 7) is 3.07. The van der Waals surface area contributed by atoms with E-state index in [9.17, 15) is 4.39 Å². The predicted molar refractivity (Wildman–Crippen MR) is 71.4 cm³/mol. The molecule has 3 nitrogen and oxygen atoms in total. The lowest BCUT2D eigenvalue weighted by atomic mass is 10.2. The van der Waals surface area contributed by atoms with Gasteiger partial charge in [0.15, 0.2) is 0 Å². The molecule has 18 heavy (non-hydrogen) atoms. The van der Waals surface area contributed by atoms with Crippen LogP contribution in [0.1, 0.15) is 17.1 Å². The highest BCUT2D eigenvalue weighted by Crippen LogP contribution is 2.17. The van der Waals surface area contributed by atoms with Gasteiger partial charge in [0, 0.05) is 23.8 Å². The minimum atomic E-state index is -0.229.